The van der Waals surface area contributed by atoms with Crippen LogP contribution in [0.2, 0.25) is 0 Å². The highest BCUT2D eigenvalue weighted by Crippen LogP contribution is 2.29. The number of nitrogens with zero attached hydrogens (tertiary/aromatic N) is 2. The van der Waals surface area contributed by atoms with Crippen LogP contribution in [0, 0.1) is 0 Å². The summed E-state index contributed by atoms with van der Waals surface area (Å²) in [7, 11) is 0. The minimum atomic E-state index is 0.443. The van der Waals surface area contributed by atoms with Crippen LogP contribution >= 0.6 is 11.8 Å². The van der Waals surface area contributed by atoms with Crippen molar-refractivity contribution in [3.8, 4) is 0 Å². The van der Waals surface area contributed by atoms with Gasteiger partial charge in [-0.1, -0.05) is 13.8 Å². The van der Waals surface area contributed by atoms with E-state index in [9.17, 15) is 0 Å². The van der Waals surface area contributed by atoms with Crippen molar-refractivity contribution in [3.05, 3.63) is 24.3 Å². The Bertz CT molecular complexity index is 223. The first-order valence-corrected chi connectivity index (χ1v) is 5.06. The molecule has 0 radical (unpaired) electrons. The molecule has 2 nitrogen and oxygen atoms in total. The fourth-order valence-corrected chi connectivity index (χ4v) is 2.08. The van der Waals surface area contributed by atoms with Gasteiger partial charge in [0.2, 0.25) is 0 Å². The normalized spacial score (nSPS) is 13.3. The predicted molar refractivity (Wildman–Crippen MR) is 53.2 cm³/mol. The predicted octanol–water partition coefficient (Wildman–Crippen LogP) is 2.68. The Labute approximate surface area is 77.8 Å². The summed E-state index contributed by atoms with van der Waals surface area (Å²) in [5, 5.41) is 1.08. The van der Waals surface area contributed by atoms with Crippen LogP contribution in [-0.4, -0.2) is 15.2 Å². The molecule has 3 heteroatoms. The fraction of sp³-hybridized carbons (Fsp3) is 0.556. The van der Waals surface area contributed by atoms with E-state index in [0.717, 1.165) is 5.69 Å². The van der Waals surface area contributed by atoms with Gasteiger partial charge in [-0.05, 0) is 12.2 Å². The summed E-state index contributed by atoms with van der Waals surface area (Å²) in [4.78, 5) is 8.29. The minimum Gasteiger partial charge on any atom is -0.261 e. The summed E-state index contributed by atoms with van der Waals surface area (Å²) in [5.41, 5.74) is 1.07. The van der Waals surface area contributed by atoms with Crippen LogP contribution in [0.25, 0.3) is 0 Å². The smallest absolute Gasteiger partial charge is 0.0713 e. The van der Waals surface area contributed by atoms with E-state index in [2.05, 4.69) is 30.7 Å². The third-order valence-electron chi connectivity index (χ3n) is 1.48. The zero-order valence-electron chi connectivity index (χ0n) is 7.69. The summed E-state index contributed by atoms with van der Waals surface area (Å²) in [6.45, 7) is 6.55. The quantitative estimate of drug-likeness (QED) is 0.718. The molecule has 0 spiro atoms. The van der Waals surface area contributed by atoms with Gasteiger partial charge >= 0.3 is 0 Å². The van der Waals surface area contributed by atoms with Crippen molar-refractivity contribution in [2.45, 2.75) is 31.3 Å². The molecule has 0 saturated heterocycles. The molecule has 1 aromatic heterocycles. The third kappa shape index (κ3) is 2.81. The van der Waals surface area contributed by atoms with Gasteiger partial charge in [-0.15, -0.1) is 11.8 Å². The van der Waals surface area contributed by atoms with Gasteiger partial charge in [0.1, 0.15) is 0 Å². The molecule has 0 aliphatic carbocycles. The van der Waals surface area contributed by atoms with Crippen molar-refractivity contribution >= 4 is 11.8 Å². The highest BCUT2D eigenvalue weighted by atomic mass is 32.2. The maximum Gasteiger partial charge on any atom is 0.0713 e. The van der Waals surface area contributed by atoms with Crippen molar-refractivity contribution < 1.29 is 0 Å². The topological polar surface area (TPSA) is 25.8 Å². The van der Waals surface area contributed by atoms with Gasteiger partial charge < -0.3 is 0 Å². The number of aromatic nitrogens is 2. The molecule has 1 unspecified atom stereocenters. The fourth-order valence-electron chi connectivity index (χ4n) is 0.999. The lowest BCUT2D eigenvalue weighted by Crippen LogP contribution is -1.97. The number of hydrogen-bond donors (Lipinski definition) is 0. The van der Waals surface area contributed by atoms with Gasteiger partial charge in [-0.2, -0.15) is 0 Å². The zero-order valence-corrected chi connectivity index (χ0v) is 8.51. The minimum absolute atomic E-state index is 0.443. The second-order valence-corrected chi connectivity index (χ2v) is 4.88. The molecular weight excluding hydrogens is 168 g/mol. The van der Waals surface area contributed by atoms with Gasteiger partial charge in [0, 0.05) is 23.8 Å². The third-order valence-corrected chi connectivity index (χ3v) is 2.67. The Morgan fingerprint density at radius 1 is 1.25 bits per heavy atom. The second-order valence-electron chi connectivity index (χ2n) is 2.96. The van der Waals surface area contributed by atoms with E-state index >= 15 is 0 Å². The molecule has 0 N–H and O–H groups in total. The number of thioether (sulfide) groups is 1. The van der Waals surface area contributed by atoms with Gasteiger partial charge in [-0.25, -0.2) is 0 Å². The first-order chi connectivity index (χ1) is 5.70. The van der Waals surface area contributed by atoms with Gasteiger partial charge in [0.05, 0.1) is 5.69 Å². The van der Waals surface area contributed by atoms with Crippen molar-refractivity contribution in [1.29, 1.82) is 0 Å². The summed E-state index contributed by atoms with van der Waals surface area (Å²) < 4.78 is 0. The lowest BCUT2D eigenvalue weighted by molar-refractivity contribution is 0.961. The SMILES string of the molecule is CC(C)SC(C)c1cnccn1. The Kier molecular flexibility index (Phi) is 3.53. The summed E-state index contributed by atoms with van der Waals surface area (Å²) in [6.07, 6.45) is 5.28. The molecule has 0 bridgehead atoms. The van der Waals surface area contributed by atoms with Crippen LogP contribution < -0.4 is 0 Å². The highest BCUT2D eigenvalue weighted by molar-refractivity contribution is 8.00. The first-order valence-electron chi connectivity index (χ1n) is 4.11. The lowest BCUT2D eigenvalue weighted by Gasteiger charge is -2.11. The molecule has 1 rings (SSSR count). The maximum absolute atomic E-state index is 4.25. The standard InChI is InChI=1S/C9H14N2S/c1-7(2)12-8(3)9-6-10-4-5-11-9/h4-8H,1-3H3. The van der Waals surface area contributed by atoms with Crippen LogP contribution in [0.4, 0.5) is 0 Å². The molecule has 1 atom stereocenters. The first kappa shape index (κ1) is 9.52. The molecule has 66 valence electrons. The summed E-state index contributed by atoms with van der Waals surface area (Å²) in [5.74, 6) is 0. The molecule has 0 aliphatic heterocycles. The van der Waals surface area contributed by atoms with E-state index in [1.165, 1.54) is 0 Å². The van der Waals surface area contributed by atoms with Gasteiger partial charge in [0.25, 0.3) is 0 Å². The number of rotatable bonds is 3. The molecule has 0 aliphatic rings. The molecule has 0 aromatic carbocycles. The van der Waals surface area contributed by atoms with E-state index in [1.807, 2.05) is 18.0 Å². The maximum atomic E-state index is 4.25. The highest BCUT2D eigenvalue weighted by Gasteiger charge is 2.08. The second kappa shape index (κ2) is 4.45. The van der Waals surface area contributed by atoms with E-state index in [1.54, 1.807) is 12.4 Å². The summed E-state index contributed by atoms with van der Waals surface area (Å²) in [6, 6.07) is 0. The van der Waals surface area contributed by atoms with Crippen LogP contribution in [0.5, 0.6) is 0 Å². The van der Waals surface area contributed by atoms with Crippen LogP contribution in [-0.2, 0) is 0 Å². The molecular formula is C9H14N2S. The zero-order chi connectivity index (χ0) is 8.97. The van der Waals surface area contributed by atoms with Crippen molar-refractivity contribution in [2.24, 2.45) is 0 Å². The molecule has 12 heavy (non-hydrogen) atoms. The van der Waals surface area contributed by atoms with Crippen LogP contribution in [0.3, 0.4) is 0 Å². The lowest BCUT2D eigenvalue weighted by atomic mass is 10.3. The van der Waals surface area contributed by atoms with Crippen molar-refractivity contribution in [3.63, 3.8) is 0 Å². The molecule has 0 saturated carbocycles. The molecule has 0 amide bonds. The van der Waals surface area contributed by atoms with Crippen molar-refractivity contribution in [1.82, 2.24) is 9.97 Å². The average Bonchev–Trinajstić information content (AvgIpc) is 2.05. The van der Waals surface area contributed by atoms with E-state index in [4.69, 9.17) is 0 Å². The van der Waals surface area contributed by atoms with Gasteiger partial charge in [-0.3, -0.25) is 9.97 Å². The van der Waals surface area contributed by atoms with Crippen LogP contribution in [0.15, 0.2) is 18.6 Å². The monoisotopic (exact) mass is 182 g/mol. The van der Waals surface area contributed by atoms with Gasteiger partial charge in [0.15, 0.2) is 0 Å². The van der Waals surface area contributed by atoms with Crippen molar-refractivity contribution in [2.75, 3.05) is 0 Å². The molecule has 1 heterocycles. The Balaban J connectivity index is 2.59. The van der Waals surface area contributed by atoms with Crippen LogP contribution in [0.1, 0.15) is 31.7 Å². The largest absolute Gasteiger partial charge is 0.261 e. The molecule has 1 aromatic rings. The Morgan fingerprint density at radius 2 is 2.00 bits per heavy atom. The van der Waals surface area contributed by atoms with E-state index < -0.39 is 0 Å². The average molecular weight is 182 g/mol. The van der Waals surface area contributed by atoms with E-state index in [-0.39, 0.29) is 0 Å². The van der Waals surface area contributed by atoms with E-state index in [0.29, 0.717) is 10.5 Å². The summed E-state index contributed by atoms with van der Waals surface area (Å²) >= 11 is 1.90. The molecule has 0 fully saturated rings. The number of hydrogen-bond acceptors (Lipinski definition) is 3. The Morgan fingerprint density at radius 3 is 2.50 bits per heavy atom. The Hall–Kier alpha value is -0.570.